The molecule has 0 aliphatic rings. The molecule has 1 unspecified atom stereocenters. The molecular weight excluding hydrogens is 331 g/mol. The molecule has 2 aromatic carbocycles. The molecule has 0 heterocycles. The van der Waals surface area contributed by atoms with Gasteiger partial charge in [-0.25, -0.2) is 0 Å². The number of nitrogens with two attached hydrogens (primary N) is 2. The van der Waals surface area contributed by atoms with E-state index in [0.29, 0.717) is 31.8 Å². The molecule has 4 N–H and O–H groups in total. The first-order chi connectivity index (χ1) is 9.88. The molecule has 110 valence electrons. The number of nitrogen functional groups attached to an aromatic ring is 1. The van der Waals surface area contributed by atoms with Crippen LogP contribution in [0.5, 0.6) is 0 Å². The van der Waals surface area contributed by atoms with Gasteiger partial charge in [-0.05, 0) is 35.9 Å². The highest BCUT2D eigenvalue weighted by Crippen LogP contribution is 2.26. The molecular formula is C14H12Cl2N2O2S. The van der Waals surface area contributed by atoms with Crippen LogP contribution in [0.3, 0.4) is 0 Å². The molecule has 0 radical (unpaired) electrons. The van der Waals surface area contributed by atoms with Crippen molar-refractivity contribution >= 4 is 45.6 Å². The van der Waals surface area contributed by atoms with Gasteiger partial charge in [0.1, 0.15) is 0 Å². The zero-order valence-corrected chi connectivity index (χ0v) is 13.1. The van der Waals surface area contributed by atoms with E-state index in [1.807, 2.05) is 0 Å². The van der Waals surface area contributed by atoms with Crippen LogP contribution in [-0.4, -0.2) is 10.1 Å². The Morgan fingerprint density at radius 1 is 1.10 bits per heavy atom. The summed E-state index contributed by atoms with van der Waals surface area (Å²) in [6.07, 6.45) is 0. The number of hydrogen-bond donors (Lipinski definition) is 2. The van der Waals surface area contributed by atoms with E-state index in [4.69, 9.17) is 34.7 Å². The topological polar surface area (TPSA) is 86.2 Å². The Hall–Kier alpha value is -1.56. The van der Waals surface area contributed by atoms with Crippen molar-refractivity contribution in [2.24, 2.45) is 5.73 Å². The summed E-state index contributed by atoms with van der Waals surface area (Å²) in [4.78, 5) is 11.5. The lowest BCUT2D eigenvalue weighted by Crippen LogP contribution is -2.11. The molecule has 0 aliphatic carbocycles. The normalized spacial score (nSPS) is 12.1. The minimum atomic E-state index is -1.37. The first-order valence-corrected chi connectivity index (χ1v) is 7.97. The highest BCUT2D eigenvalue weighted by atomic mass is 35.5. The molecule has 0 aliphatic heterocycles. The van der Waals surface area contributed by atoms with E-state index in [-0.39, 0.29) is 5.75 Å². The van der Waals surface area contributed by atoms with E-state index in [9.17, 15) is 9.00 Å². The van der Waals surface area contributed by atoms with Crippen molar-refractivity contribution in [3.8, 4) is 0 Å². The molecule has 7 heteroatoms. The number of carbonyl (C=O) groups is 1. The lowest BCUT2D eigenvalue weighted by Gasteiger charge is -2.08. The summed E-state index contributed by atoms with van der Waals surface area (Å²) in [6.45, 7) is 0. The summed E-state index contributed by atoms with van der Waals surface area (Å²) in [7, 11) is -1.37. The van der Waals surface area contributed by atoms with Crippen molar-refractivity contribution < 1.29 is 9.00 Å². The van der Waals surface area contributed by atoms with Crippen molar-refractivity contribution in [1.82, 2.24) is 0 Å². The zero-order chi connectivity index (χ0) is 15.6. The van der Waals surface area contributed by atoms with Gasteiger partial charge in [0, 0.05) is 16.3 Å². The molecule has 0 fully saturated rings. The van der Waals surface area contributed by atoms with Crippen molar-refractivity contribution in [2.75, 3.05) is 5.73 Å². The first-order valence-electron chi connectivity index (χ1n) is 5.90. The van der Waals surface area contributed by atoms with Crippen LogP contribution >= 0.6 is 23.2 Å². The minimum absolute atomic E-state index is 0.182. The monoisotopic (exact) mass is 342 g/mol. The Bertz CT molecular complexity index is 735. The number of amides is 1. The third-order valence-corrected chi connectivity index (χ3v) is 5.02. The molecule has 0 bridgehead atoms. The summed E-state index contributed by atoms with van der Waals surface area (Å²) in [5.74, 6) is -0.382. The van der Waals surface area contributed by atoms with Crippen molar-refractivity contribution in [2.45, 2.75) is 10.6 Å². The van der Waals surface area contributed by atoms with Crippen LogP contribution in [0.4, 0.5) is 5.69 Å². The van der Waals surface area contributed by atoms with Crippen LogP contribution in [0.15, 0.2) is 41.3 Å². The third-order valence-electron chi connectivity index (χ3n) is 2.83. The van der Waals surface area contributed by atoms with Crippen LogP contribution in [-0.2, 0) is 16.6 Å². The van der Waals surface area contributed by atoms with Gasteiger partial charge in [-0.1, -0.05) is 29.3 Å². The fraction of sp³-hybridized carbons (Fsp3) is 0.0714. The van der Waals surface area contributed by atoms with E-state index in [0.717, 1.165) is 0 Å². The molecule has 0 saturated heterocycles. The largest absolute Gasteiger partial charge is 0.399 e. The molecule has 0 saturated carbocycles. The van der Waals surface area contributed by atoms with Crippen LogP contribution in [0.25, 0.3) is 0 Å². The molecule has 0 spiro atoms. The average molecular weight is 343 g/mol. The number of benzene rings is 2. The number of hydrogen-bond acceptors (Lipinski definition) is 3. The van der Waals surface area contributed by atoms with Gasteiger partial charge in [0.15, 0.2) is 0 Å². The quantitative estimate of drug-likeness (QED) is 0.837. The van der Waals surface area contributed by atoms with Crippen LogP contribution in [0, 0.1) is 0 Å². The minimum Gasteiger partial charge on any atom is -0.399 e. The van der Waals surface area contributed by atoms with E-state index in [1.165, 1.54) is 6.07 Å². The maximum atomic E-state index is 12.4. The molecule has 1 amide bonds. The van der Waals surface area contributed by atoms with E-state index >= 15 is 0 Å². The van der Waals surface area contributed by atoms with Crippen LogP contribution < -0.4 is 11.5 Å². The highest BCUT2D eigenvalue weighted by molar-refractivity contribution is 7.84. The van der Waals surface area contributed by atoms with Crippen LogP contribution in [0.1, 0.15) is 15.9 Å². The van der Waals surface area contributed by atoms with Crippen molar-refractivity contribution in [1.29, 1.82) is 0 Å². The van der Waals surface area contributed by atoms with Gasteiger partial charge < -0.3 is 11.5 Å². The van der Waals surface area contributed by atoms with Gasteiger partial charge >= 0.3 is 0 Å². The van der Waals surface area contributed by atoms with Gasteiger partial charge in [-0.15, -0.1) is 0 Å². The lowest BCUT2D eigenvalue weighted by atomic mass is 10.1. The SMILES string of the molecule is NC(=O)c1ccc(CS(=O)c2ccc(N)cc2Cl)c(Cl)c1. The van der Waals surface area contributed by atoms with Gasteiger partial charge in [0.2, 0.25) is 5.91 Å². The van der Waals surface area contributed by atoms with Crippen LogP contribution in [0.2, 0.25) is 10.0 Å². The Kier molecular flexibility index (Phi) is 4.88. The lowest BCUT2D eigenvalue weighted by molar-refractivity contribution is 0.100. The summed E-state index contributed by atoms with van der Waals surface area (Å²) in [5, 5.41) is 0.685. The fourth-order valence-electron chi connectivity index (χ4n) is 1.74. The fourth-order valence-corrected chi connectivity index (χ4v) is 3.70. The van der Waals surface area contributed by atoms with Gasteiger partial charge in [0.05, 0.1) is 26.5 Å². The molecule has 1 atom stereocenters. The second kappa shape index (κ2) is 6.47. The Morgan fingerprint density at radius 3 is 2.38 bits per heavy atom. The average Bonchev–Trinajstić information content (AvgIpc) is 2.40. The molecule has 2 rings (SSSR count). The summed E-state index contributed by atoms with van der Waals surface area (Å²) >= 11 is 12.1. The van der Waals surface area contributed by atoms with E-state index in [1.54, 1.807) is 30.3 Å². The molecule has 2 aromatic rings. The molecule has 4 nitrogen and oxygen atoms in total. The van der Waals surface area contributed by atoms with E-state index < -0.39 is 16.7 Å². The third kappa shape index (κ3) is 3.75. The number of rotatable bonds is 4. The van der Waals surface area contributed by atoms with Gasteiger partial charge in [-0.2, -0.15) is 0 Å². The smallest absolute Gasteiger partial charge is 0.248 e. The number of anilines is 1. The standard InChI is InChI=1S/C14H12Cl2N2O2S/c15-11-5-8(14(18)19)1-2-9(11)7-21(20)13-4-3-10(17)6-12(13)16/h1-6H,7,17H2,(H2,18,19). The maximum Gasteiger partial charge on any atom is 0.248 e. The number of primary amides is 1. The maximum absolute atomic E-state index is 12.4. The summed E-state index contributed by atoms with van der Waals surface area (Å²) in [6, 6.07) is 9.45. The predicted octanol–water partition coefficient (Wildman–Crippen LogP) is 2.98. The zero-order valence-electron chi connectivity index (χ0n) is 10.8. The van der Waals surface area contributed by atoms with Gasteiger partial charge in [0.25, 0.3) is 0 Å². The van der Waals surface area contributed by atoms with Crippen molar-refractivity contribution in [3.05, 3.63) is 57.6 Å². The summed E-state index contributed by atoms with van der Waals surface area (Å²) in [5.41, 5.74) is 12.2. The van der Waals surface area contributed by atoms with Gasteiger partial charge in [-0.3, -0.25) is 9.00 Å². The second-order valence-corrected chi connectivity index (χ2v) is 6.58. The number of halogens is 2. The Labute approximate surface area is 134 Å². The molecule has 0 aromatic heterocycles. The first kappa shape index (κ1) is 15.8. The molecule has 21 heavy (non-hydrogen) atoms. The predicted molar refractivity (Wildman–Crippen MR) is 85.9 cm³/mol. The highest BCUT2D eigenvalue weighted by Gasteiger charge is 2.13. The van der Waals surface area contributed by atoms with Crippen molar-refractivity contribution in [3.63, 3.8) is 0 Å². The Morgan fingerprint density at radius 2 is 1.81 bits per heavy atom. The summed E-state index contributed by atoms with van der Waals surface area (Å²) < 4.78 is 12.4. The Balaban J connectivity index is 2.25. The number of carbonyl (C=O) groups excluding carboxylic acids is 1. The van der Waals surface area contributed by atoms with E-state index in [2.05, 4.69) is 0 Å². The second-order valence-electron chi connectivity index (χ2n) is 4.35.